The van der Waals surface area contributed by atoms with E-state index in [0.29, 0.717) is 26.2 Å². The van der Waals surface area contributed by atoms with Crippen molar-refractivity contribution in [3.8, 4) is 0 Å². The van der Waals surface area contributed by atoms with Crippen molar-refractivity contribution >= 4 is 25.1 Å². The molecule has 1 heterocycles. The molecule has 2 aromatic carbocycles. The van der Waals surface area contributed by atoms with Crippen molar-refractivity contribution in [1.82, 2.24) is 0 Å². The lowest BCUT2D eigenvalue weighted by Gasteiger charge is -2.29. The third-order valence-corrected chi connectivity index (χ3v) is 4.43. The Hall–Kier alpha value is -2.30. The minimum Gasteiger partial charge on any atom is -0.390 e. The largest absolute Gasteiger partial charge is 0.466 e. The Balaban J connectivity index is 0.000000614. The third kappa shape index (κ3) is 9.16. The Bertz CT molecular complexity index is 853. The van der Waals surface area contributed by atoms with E-state index in [1.165, 1.54) is 0 Å². The molecule has 0 unspecified atom stereocenters. The first-order valence-electron chi connectivity index (χ1n) is 9.61. The van der Waals surface area contributed by atoms with Crippen LogP contribution in [0.4, 0.5) is 11.4 Å². The molecule has 10 nitrogen and oxygen atoms in total. The van der Waals surface area contributed by atoms with E-state index in [9.17, 15) is 9.90 Å². The fraction of sp³-hybridized carbons (Fsp3) is 0.350. The number of carbonyl (C=O) groups excluding carboxylic acids is 1. The molecule has 31 heavy (non-hydrogen) atoms. The summed E-state index contributed by atoms with van der Waals surface area (Å²) < 4.78 is 14.1. The standard InChI is InChI=1S/C20H25N3O3.H3O4P/c21-12-19(24)14-22(13-16-4-2-1-3-5-16)17-6-8-18(9-7-17)23-10-11-26-15-20(23)25;1-5(2,3)4/h1-9,19,24H,10-15,21H2;(H3,1,2,3,4)/t19-;/m0./s1. The molecule has 6 N–H and O–H groups in total. The van der Waals surface area contributed by atoms with Crippen LogP contribution < -0.4 is 15.5 Å². The van der Waals surface area contributed by atoms with E-state index in [2.05, 4.69) is 17.0 Å². The second-order valence-corrected chi connectivity index (χ2v) is 7.91. The van der Waals surface area contributed by atoms with E-state index in [0.717, 1.165) is 16.9 Å². The van der Waals surface area contributed by atoms with Gasteiger partial charge in [0.25, 0.3) is 5.91 Å². The molecule has 1 aliphatic rings. The van der Waals surface area contributed by atoms with Gasteiger partial charge in [-0.25, -0.2) is 4.57 Å². The highest BCUT2D eigenvalue weighted by Gasteiger charge is 2.20. The molecule has 2 aromatic rings. The van der Waals surface area contributed by atoms with Crippen molar-refractivity contribution in [2.45, 2.75) is 12.6 Å². The lowest BCUT2D eigenvalue weighted by molar-refractivity contribution is -0.125. The van der Waals surface area contributed by atoms with E-state index in [1.54, 1.807) is 4.90 Å². The Labute approximate surface area is 180 Å². The molecular weight excluding hydrogens is 425 g/mol. The lowest BCUT2D eigenvalue weighted by Crippen LogP contribution is -2.41. The van der Waals surface area contributed by atoms with Crippen molar-refractivity contribution in [3.63, 3.8) is 0 Å². The number of aliphatic hydroxyl groups is 1. The molecule has 1 fully saturated rings. The number of morpholine rings is 1. The minimum absolute atomic E-state index is 0.0244. The van der Waals surface area contributed by atoms with Gasteiger partial charge in [-0.05, 0) is 29.8 Å². The second kappa shape index (κ2) is 11.9. The molecule has 0 saturated carbocycles. The van der Waals surface area contributed by atoms with Gasteiger partial charge in [-0.1, -0.05) is 30.3 Å². The summed E-state index contributed by atoms with van der Waals surface area (Å²) >= 11 is 0. The first kappa shape index (κ1) is 25.0. The molecule has 11 heteroatoms. The molecule has 170 valence electrons. The van der Waals surface area contributed by atoms with Crippen molar-refractivity contribution in [3.05, 3.63) is 60.2 Å². The van der Waals surface area contributed by atoms with Crippen LogP contribution in [0.25, 0.3) is 0 Å². The maximum atomic E-state index is 12.0. The van der Waals surface area contributed by atoms with E-state index in [4.69, 9.17) is 29.7 Å². The number of anilines is 2. The van der Waals surface area contributed by atoms with Crippen molar-refractivity contribution in [1.29, 1.82) is 0 Å². The van der Waals surface area contributed by atoms with Gasteiger partial charge in [0.05, 0.1) is 12.7 Å². The zero-order chi connectivity index (χ0) is 22.9. The molecule has 3 rings (SSSR count). The summed E-state index contributed by atoms with van der Waals surface area (Å²) in [7, 11) is -4.64. The summed E-state index contributed by atoms with van der Waals surface area (Å²) in [5.41, 5.74) is 8.59. The van der Waals surface area contributed by atoms with Crippen LogP contribution in [0.15, 0.2) is 54.6 Å². The number of nitrogens with zero attached hydrogens (tertiary/aromatic N) is 2. The van der Waals surface area contributed by atoms with Crippen LogP contribution in [-0.4, -0.2) is 64.6 Å². The van der Waals surface area contributed by atoms with Crippen LogP contribution in [0, 0.1) is 0 Å². The van der Waals surface area contributed by atoms with Gasteiger partial charge in [0, 0.05) is 37.6 Å². The predicted octanol–water partition coefficient (Wildman–Crippen LogP) is 0.447. The van der Waals surface area contributed by atoms with Gasteiger partial charge in [-0.2, -0.15) is 0 Å². The van der Waals surface area contributed by atoms with Crippen molar-refractivity contribution in [2.75, 3.05) is 42.6 Å². The average Bonchev–Trinajstić information content (AvgIpc) is 2.73. The molecule has 0 spiro atoms. The SMILES string of the molecule is NC[C@H](O)CN(Cc1ccccc1)c1ccc(N2CCOCC2=O)cc1.O=P(O)(O)O. The molecular formula is C20H28N3O7P. The van der Waals surface area contributed by atoms with Gasteiger partial charge in [0.2, 0.25) is 0 Å². The fourth-order valence-corrected chi connectivity index (χ4v) is 3.03. The Morgan fingerprint density at radius 3 is 2.26 bits per heavy atom. The van der Waals surface area contributed by atoms with Gasteiger partial charge in [-0.3, -0.25) is 4.79 Å². The number of aliphatic hydroxyl groups excluding tert-OH is 1. The van der Waals surface area contributed by atoms with Gasteiger partial charge >= 0.3 is 7.82 Å². The number of benzene rings is 2. The van der Waals surface area contributed by atoms with Crippen LogP contribution in [-0.2, 0) is 20.6 Å². The highest BCUT2D eigenvalue weighted by atomic mass is 31.2. The Kier molecular flexibility index (Phi) is 9.60. The summed E-state index contributed by atoms with van der Waals surface area (Å²) in [6.07, 6.45) is -0.598. The number of nitrogens with two attached hydrogens (primary N) is 1. The topological polar surface area (TPSA) is 157 Å². The van der Waals surface area contributed by atoms with Gasteiger partial charge < -0.3 is 40.1 Å². The molecule has 1 amide bonds. The zero-order valence-electron chi connectivity index (χ0n) is 16.9. The first-order valence-corrected chi connectivity index (χ1v) is 11.2. The predicted molar refractivity (Wildman–Crippen MR) is 116 cm³/mol. The maximum Gasteiger partial charge on any atom is 0.466 e. The van der Waals surface area contributed by atoms with Crippen LogP contribution in [0.1, 0.15) is 5.56 Å². The Morgan fingerprint density at radius 1 is 1.10 bits per heavy atom. The highest BCUT2D eigenvalue weighted by molar-refractivity contribution is 7.45. The number of ether oxygens (including phenoxy) is 1. The zero-order valence-corrected chi connectivity index (χ0v) is 17.8. The molecule has 0 aromatic heterocycles. The number of phosphoric acid groups is 1. The number of carbonyl (C=O) groups is 1. The summed E-state index contributed by atoms with van der Waals surface area (Å²) in [5, 5.41) is 10.0. The summed E-state index contributed by atoms with van der Waals surface area (Å²) in [6, 6.07) is 17.9. The average molecular weight is 453 g/mol. The number of hydrogen-bond donors (Lipinski definition) is 5. The molecule has 1 saturated heterocycles. The number of hydrogen-bond acceptors (Lipinski definition) is 6. The number of amides is 1. The quantitative estimate of drug-likeness (QED) is 0.376. The van der Waals surface area contributed by atoms with E-state index < -0.39 is 13.9 Å². The molecule has 0 aliphatic carbocycles. The third-order valence-electron chi connectivity index (χ3n) is 4.43. The highest BCUT2D eigenvalue weighted by Crippen LogP contribution is 2.26. The van der Waals surface area contributed by atoms with Crippen molar-refractivity contribution in [2.24, 2.45) is 5.73 Å². The Morgan fingerprint density at radius 2 is 1.71 bits per heavy atom. The van der Waals surface area contributed by atoms with E-state index >= 15 is 0 Å². The van der Waals surface area contributed by atoms with Crippen LogP contribution in [0.2, 0.25) is 0 Å². The second-order valence-electron chi connectivity index (χ2n) is 6.88. The molecule has 1 atom stereocenters. The first-order chi connectivity index (χ1) is 14.7. The summed E-state index contributed by atoms with van der Waals surface area (Å²) in [5.74, 6) is -0.0244. The van der Waals surface area contributed by atoms with Crippen LogP contribution >= 0.6 is 7.82 Å². The molecule has 0 radical (unpaired) electrons. The van der Waals surface area contributed by atoms with Gasteiger partial charge in [0.1, 0.15) is 6.61 Å². The smallest absolute Gasteiger partial charge is 0.390 e. The normalized spacial score (nSPS) is 15.1. The van der Waals surface area contributed by atoms with Crippen molar-refractivity contribution < 1.29 is 33.9 Å². The van der Waals surface area contributed by atoms with E-state index in [1.807, 2.05) is 42.5 Å². The van der Waals surface area contributed by atoms with Crippen LogP contribution in [0.5, 0.6) is 0 Å². The monoisotopic (exact) mass is 453 g/mol. The maximum absolute atomic E-state index is 12.0. The lowest BCUT2D eigenvalue weighted by atomic mass is 10.1. The summed E-state index contributed by atoms with van der Waals surface area (Å²) in [4.78, 5) is 37.4. The van der Waals surface area contributed by atoms with Gasteiger partial charge in [-0.15, -0.1) is 0 Å². The van der Waals surface area contributed by atoms with E-state index in [-0.39, 0.29) is 19.1 Å². The molecule has 1 aliphatic heterocycles. The van der Waals surface area contributed by atoms with Gasteiger partial charge in [0.15, 0.2) is 0 Å². The fourth-order valence-electron chi connectivity index (χ4n) is 3.03. The minimum atomic E-state index is -4.64. The summed E-state index contributed by atoms with van der Waals surface area (Å²) in [6.45, 7) is 2.58. The van der Waals surface area contributed by atoms with Crippen LogP contribution in [0.3, 0.4) is 0 Å². The molecule has 0 bridgehead atoms. The number of rotatable bonds is 7.